The van der Waals surface area contributed by atoms with Gasteiger partial charge in [0.15, 0.2) is 0 Å². The minimum atomic E-state index is -0.0716. The maximum Gasteiger partial charge on any atom is 0.253 e. The van der Waals surface area contributed by atoms with E-state index in [-0.39, 0.29) is 5.91 Å². The predicted molar refractivity (Wildman–Crippen MR) is 61.4 cm³/mol. The van der Waals surface area contributed by atoms with Gasteiger partial charge in [0, 0.05) is 25.2 Å². The second kappa shape index (κ2) is 4.89. The Morgan fingerprint density at radius 2 is 2.44 bits per heavy atom. The molecular weight excluding hydrogens is 224 g/mol. The fourth-order valence-electron chi connectivity index (χ4n) is 1.34. The molecule has 1 N–H and O–H groups in total. The third-order valence-corrected chi connectivity index (χ3v) is 2.74. The van der Waals surface area contributed by atoms with E-state index in [9.17, 15) is 4.79 Å². The van der Waals surface area contributed by atoms with Crippen molar-refractivity contribution in [2.24, 2.45) is 7.05 Å². The van der Waals surface area contributed by atoms with E-state index in [1.807, 2.05) is 13.2 Å². The Morgan fingerprint density at radius 3 is 3.06 bits per heavy atom. The van der Waals surface area contributed by atoms with Crippen LogP contribution >= 0.6 is 11.5 Å². The Bertz CT molecular complexity index is 463. The van der Waals surface area contributed by atoms with Crippen molar-refractivity contribution in [3.8, 4) is 0 Å². The van der Waals surface area contributed by atoms with Crippen molar-refractivity contribution in [3.05, 3.63) is 35.1 Å². The summed E-state index contributed by atoms with van der Waals surface area (Å²) in [6, 6.07) is 0. The van der Waals surface area contributed by atoms with Crippen LogP contribution < -0.4 is 5.32 Å². The molecule has 2 aromatic heterocycles. The van der Waals surface area contributed by atoms with Crippen LogP contribution in [0, 0.1) is 0 Å². The first kappa shape index (κ1) is 10.8. The van der Waals surface area contributed by atoms with Crippen LogP contribution in [0.2, 0.25) is 0 Å². The van der Waals surface area contributed by atoms with E-state index < -0.39 is 0 Å². The molecule has 0 aliphatic rings. The van der Waals surface area contributed by atoms with E-state index in [1.165, 1.54) is 11.5 Å². The monoisotopic (exact) mass is 236 g/mol. The topological polar surface area (TPSA) is 59.8 Å². The van der Waals surface area contributed by atoms with Crippen molar-refractivity contribution in [1.82, 2.24) is 19.5 Å². The summed E-state index contributed by atoms with van der Waals surface area (Å²) in [5.41, 5.74) is 1.74. The molecule has 1 amide bonds. The maximum atomic E-state index is 11.5. The molecule has 2 heterocycles. The SMILES string of the molecule is Cn1cc(CCNC(=O)c2cnsc2)cn1. The van der Waals surface area contributed by atoms with Crippen molar-refractivity contribution < 1.29 is 4.79 Å². The fraction of sp³-hybridized carbons (Fsp3) is 0.300. The van der Waals surface area contributed by atoms with Crippen molar-refractivity contribution in [1.29, 1.82) is 0 Å². The molecule has 0 aliphatic heterocycles. The lowest BCUT2D eigenvalue weighted by Gasteiger charge is -2.01. The number of aromatic nitrogens is 3. The summed E-state index contributed by atoms with van der Waals surface area (Å²) in [4.78, 5) is 11.5. The summed E-state index contributed by atoms with van der Waals surface area (Å²) in [5, 5.41) is 8.63. The first-order valence-electron chi connectivity index (χ1n) is 4.91. The molecule has 84 valence electrons. The van der Waals surface area contributed by atoms with Crippen LogP contribution in [-0.2, 0) is 13.5 Å². The first-order chi connectivity index (χ1) is 7.75. The third-order valence-electron chi connectivity index (χ3n) is 2.15. The molecule has 0 aliphatic carbocycles. The smallest absolute Gasteiger partial charge is 0.253 e. The number of hydrogen-bond acceptors (Lipinski definition) is 4. The Balaban J connectivity index is 1.78. The molecule has 0 saturated heterocycles. The molecule has 0 radical (unpaired) electrons. The van der Waals surface area contributed by atoms with Crippen LogP contribution in [0.5, 0.6) is 0 Å². The molecular formula is C10H12N4OS. The average molecular weight is 236 g/mol. The normalized spacial score (nSPS) is 10.3. The molecule has 2 aromatic rings. The van der Waals surface area contributed by atoms with Gasteiger partial charge in [-0.25, -0.2) is 4.37 Å². The lowest BCUT2D eigenvalue weighted by atomic mass is 10.2. The van der Waals surface area contributed by atoms with E-state index in [4.69, 9.17) is 0 Å². The highest BCUT2D eigenvalue weighted by atomic mass is 32.1. The largest absolute Gasteiger partial charge is 0.352 e. The van der Waals surface area contributed by atoms with Gasteiger partial charge in [0.25, 0.3) is 5.91 Å². The second-order valence-electron chi connectivity index (χ2n) is 3.44. The van der Waals surface area contributed by atoms with Crippen LogP contribution in [0.1, 0.15) is 15.9 Å². The van der Waals surface area contributed by atoms with Crippen molar-refractivity contribution in [2.75, 3.05) is 6.54 Å². The van der Waals surface area contributed by atoms with Crippen LogP contribution in [0.4, 0.5) is 0 Å². The average Bonchev–Trinajstić information content (AvgIpc) is 2.89. The van der Waals surface area contributed by atoms with Gasteiger partial charge in [-0.1, -0.05) is 0 Å². The van der Waals surface area contributed by atoms with Crippen molar-refractivity contribution in [3.63, 3.8) is 0 Å². The van der Waals surface area contributed by atoms with Crippen LogP contribution in [0.3, 0.4) is 0 Å². The Labute approximate surface area is 97.3 Å². The van der Waals surface area contributed by atoms with Crippen LogP contribution in [0.15, 0.2) is 24.0 Å². The van der Waals surface area contributed by atoms with E-state index in [2.05, 4.69) is 14.8 Å². The molecule has 2 rings (SSSR count). The predicted octanol–water partition coefficient (Wildman–Crippen LogP) is 0.849. The molecule has 0 aromatic carbocycles. The van der Waals surface area contributed by atoms with Crippen LogP contribution in [-0.4, -0.2) is 26.6 Å². The number of aryl methyl sites for hydroxylation is 1. The summed E-state index contributed by atoms with van der Waals surface area (Å²) in [6.45, 7) is 0.611. The number of carbonyl (C=O) groups excluding carboxylic acids is 1. The molecule has 0 bridgehead atoms. The Hall–Kier alpha value is -1.69. The highest BCUT2D eigenvalue weighted by molar-refractivity contribution is 7.03. The van der Waals surface area contributed by atoms with Gasteiger partial charge in [-0.2, -0.15) is 5.10 Å². The number of nitrogens with zero attached hydrogens (tertiary/aromatic N) is 3. The summed E-state index contributed by atoms with van der Waals surface area (Å²) in [5.74, 6) is -0.0716. The maximum absolute atomic E-state index is 11.5. The van der Waals surface area contributed by atoms with Gasteiger partial charge >= 0.3 is 0 Å². The lowest BCUT2D eigenvalue weighted by Crippen LogP contribution is -2.25. The van der Waals surface area contributed by atoms with Crippen molar-refractivity contribution in [2.45, 2.75) is 6.42 Å². The summed E-state index contributed by atoms with van der Waals surface area (Å²) >= 11 is 1.28. The second-order valence-corrected chi connectivity index (χ2v) is 4.10. The summed E-state index contributed by atoms with van der Waals surface area (Å²) in [7, 11) is 1.87. The Kier molecular flexibility index (Phi) is 3.31. The van der Waals surface area contributed by atoms with E-state index in [0.29, 0.717) is 12.1 Å². The van der Waals surface area contributed by atoms with E-state index in [1.54, 1.807) is 22.5 Å². The number of carbonyl (C=O) groups is 1. The quantitative estimate of drug-likeness (QED) is 0.856. The van der Waals surface area contributed by atoms with Crippen LogP contribution in [0.25, 0.3) is 0 Å². The molecule has 0 saturated carbocycles. The van der Waals surface area contributed by atoms with Gasteiger partial charge in [0.1, 0.15) is 0 Å². The Morgan fingerprint density at radius 1 is 1.56 bits per heavy atom. The number of amides is 1. The van der Waals surface area contributed by atoms with Gasteiger partial charge < -0.3 is 5.32 Å². The molecule has 16 heavy (non-hydrogen) atoms. The minimum Gasteiger partial charge on any atom is -0.352 e. The van der Waals surface area contributed by atoms with Gasteiger partial charge in [-0.05, 0) is 23.5 Å². The molecule has 6 heteroatoms. The van der Waals surface area contributed by atoms with Gasteiger partial charge in [0.05, 0.1) is 18.0 Å². The summed E-state index contributed by atoms with van der Waals surface area (Å²) in [6.07, 6.45) is 6.11. The minimum absolute atomic E-state index is 0.0716. The van der Waals surface area contributed by atoms with E-state index >= 15 is 0 Å². The molecule has 0 atom stereocenters. The fourth-order valence-corrected chi connectivity index (χ4v) is 1.86. The zero-order chi connectivity index (χ0) is 11.4. The molecule has 0 spiro atoms. The highest BCUT2D eigenvalue weighted by Crippen LogP contribution is 2.01. The summed E-state index contributed by atoms with van der Waals surface area (Å²) < 4.78 is 5.63. The number of rotatable bonds is 4. The number of nitrogens with one attached hydrogen (secondary N) is 1. The number of hydrogen-bond donors (Lipinski definition) is 1. The molecule has 5 nitrogen and oxygen atoms in total. The zero-order valence-corrected chi connectivity index (χ0v) is 9.70. The molecule has 0 fully saturated rings. The van der Waals surface area contributed by atoms with Gasteiger partial charge in [0.2, 0.25) is 0 Å². The zero-order valence-electron chi connectivity index (χ0n) is 8.88. The lowest BCUT2D eigenvalue weighted by molar-refractivity contribution is 0.0954. The standard InChI is InChI=1S/C10H12N4OS/c1-14-6-8(4-12-14)2-3-11-10(15)9-5-13-16-7-9/h4-7H,2-3H2,1H3,(H,11,15). The third kappa shape index (κ3) is 2.66. The van der Waals surface area contributed by atoms with Gasteiger partial charge in [-0.3, -0.25) is 9.48 Å². The highest BCUT2D eigenvalue weighted by Gasteiger charge is 2.05. The first-order valence-corrected chi connectivity index (χ1v) is 5.74. The van der Waals surface area contributed by atoms with E-state index in [0.717, 1.165) is 12.0 Å². The van der Waals surface area contributed by atoms with Gasteiger partial charge in [-0.15, -0.1) is 0 Å². The van der Waals surface area contributed by atoms with Crippen molar-refractivity contribution >= 4 is 17.4 Å². The molecule has 0 unspecified atom stereocenters.